The Morgan fingerprint density at radius 1 is 1.21 bits per heavy atom. The second kappa shape index (κ2) is 7.18. The van der Waals surface area contributed by atoms with Crippen LogP contribution in [0.4, 0.5) is 0 Å². The van der Waals surface area contributed by atoms with Gasteiger partial charge in [-0.1, -0.05) is 24.3 Å². The quantitative estimate of drug-likeness (QED) is 0.336. The van der Waals surface area contributed by atoms with Crippen LogP contribution in [0.25, 0.3) is 6.08 Å². The minimum absolute atomic E-state index is 0.229. The molecule has 5 nitrogen and oxygen atoms in total. The van der Waals surface area contributed by atoms with Crippen LogP contribution in [0.5, 0.6) is 5.75 Å². The minimum Gasteiger partial charge on any atom is -0.423 e. The molecule has 120 valence electrons. The number of carbonyl (C=O) groups excluding carboxylic acids is 2. The molecule has 0 radical (unpaired) electrons. The normalized spacial score (nSPS) is 15.5. The van der Waals surface area contributed by atoms with Gasteiger partial charge in [0.15, 0.2) is 5.17 Å². The maximum Gasteiger partial charge on any atom is 0.344 e. The zero-order valence-electron chi connectivity index (χ0n) is 12.2. The predicted molar refractivity (Wildman–Crippen MR) is 103 cm³/mol. The van der Waals surface area contributed by atoms with Crippen LogP contribution < -0.4 is 10.5 Å². The van der Waals surface area contributed by atoms with Crippen molar-refractivity contribution >= 4 is 57.5 Å². The fourth-order valence-corrected chi connectivity index (χ4v) is 3.32. The molecule has 0 bridgehead atoms. The molecule has 2 aromatic carbocycles. The number of thioether (sulfide) groups is 1. The second-order valence-corrected chi connectivity index (χ2v) is 7.03. The largest absolute Gasteiger partial charge is 0.423 e. The van der Waals surface area contributed by atoms with Gasteiger partial charge in [-0.3, -0.25) is 4.79 Å². The Hall–Kier alpha value is -2.13. The van der Waals surface area contributed by atoms with Crippen LogP contribution in [0, 0.1) is 3.57 Å². The van der Waals surface area contributed by atoms with Crippen molar-refractivity contribution in [2.24, 2.45) is 10.7 Å². The van der Waals surface area contributed by atoms with E-state index < -0.39 is 5.97 Å². The Kier molecular flexibility index (Phi) is 5.00. The summed E-state index contributed by atoms with van der Waals surface area (Å²) in [4.78, 5) is 28.0. The summed E-state index contributed by atoms with van der Waals surface area (Å²) in [7, 11) is 0. The van der Waals surface area contributed by atoms with Gasteiger partial charge in [-0.25, -0.2) is 4.79 Å². The van der Waals surface area contributed by atoms with Gasteiger partial charge in [-0.05, 0) is 70.3 Å². The van der Waals surface area contributed by atoms with Crippen molar-refractivity contribution in [1.29, 1.82) is 0 Å². The smallest absolute Gasteiger partial charge is 0.344 e. The average Bonchev–Trinajstić information content (AvgIpc) is 2.85. The highest BCUT2D eigenvalue weighted by atomic mass is 127. The zero-order chi connectivity index (χ0) is 17.1. The van der Waals surface area contributed by atoms with E-state index in [0.717, 1.165) is 20.9 Å². The third-order valence-corrected chi connectivity index (χ3v) is 4.85. The lowest BCUT2D eigenvalue weighted by Gasteiger charge is -2.06. The van der Waals surface area contributed by atoms with Crippen LogP contribution in [-0.2, 0) is 4.79 Å². The summed E-state index contributed by atoms with van der Waals surface area (Å²) >= 11 is 3.20. The number of ether oxygens (including phenoxy) is 1. The van der Waals surface area contributed by atoms with Crippen LogP contribution in [0.2, 0.25) is 0 Å². The summed E-state index contributed by atoms with van der Waals surface area (Å²) in [5, 5.41) is 0.229. The number of benzene rings is 2. The van der Waals surface area contributed by atoms with E-state index in [1.165, 1.54) is 0 Å². The molecule has 1 amide bonds. The molecule has 1 aliphatic rings. The summed E-state index contributed by atoms with van der Waals surface area (Å²) in [6.45, 7) is 0. The van der Waals surface area contributed by atoms with E-state index in [-0.39, 0.29) is 11.1 Å². The fraction of sp³-hybridized carbons (Fsp3) is 0. The number of hydrogen-bond acceptors (Lipinski definition) is 5. The van der Waals surface area contributed by atoms with E-state index >= 15 is 0 Å². The SMILES string of the molecule is NC1=NC(=O)/C(=C/c2cccc(OC(=O)c3ccccc3I)c2)S1. The van der Waals surface area contributed by atoms with Crippen LogP contribution in [0.3, 0.4) is 0 Å². The molecule has 24 heavy (non-hydrogen) atoms. The highest BCUT2D eigenvalue weighted by Gasteiger charge is 2.19. The van der Waals surface area contributed by atoms with E-state index in [1.54, 1.807) is 42.5 Å². The first-order chi connectivity index (χ1) is 11.5. The van der Waals surface area contributed by atoms with Gasteiger partial charge >= 0.3 is 5.97 Å². The Bertz CT molecular complexity index is 893. The molecule has 0 saturated heterocycles. The first-order valence-corrected chi connectivity index (χ1v) is 8.77. The first kappa shape index (κ1) is 16.7. The zero-order valence-corrected chi connectivity index (χ0v) is 15.2. The molecule has 0 atom stereocenters. The van der Waals surface area contributed by atoms with Gasteiger partial charge in [0.25, 0.3) is 5.91 Å². The molecule has 7 heteroatoms. The topological polar surface area (TPSA) is 81.8 Å². The molecule has 0 unspecified atom stereocenters. The van der Waals surface area contributed by atoms with Crippen molar-refractivity contribution in [1.82, 2.24) is 0 Å². The third-order valence-electron chi connectivity index (χ3n) is 3.10. The van der Waals surface area contributed by atoms with Gasteiger partial charge in [-0.2, -0.15) is 4.99 Å². The number of nitrogens with zero attached hydrogens (tertiary/aromatic N) is 1. The number of aliphatic imine (C=N–C) groups is 1. The van der Waals surface area contributed by atoms with E-state index in [9.17, 15) is 9.59 Å². The molecule has 0 aliphatic carbocycles. The molecule has 2 N–H and O–H groups in total. The van der Waals surface area contributed by atoms with Crippen molar-refractivity contribution in [2.75, 3.05) is 0 Å². The Balaban J connectivity index is 1.79. The van der Waals surface area contributed by atoms with Gasteiger partial charge in [-0.15, -0.1) is 0 Å². The van der Waals surface area contributed by atoms with Crippen molar-refractivity contribution in [3.63, 3.8) is 0 Å². The van der Waals surface area contributed by atoms with Crippen LogP contribution in [0.15, 0.2) is 58.4 Å². The first-order valence-electron chi connectivity index (χ1n) is 6.88. The van der Waals surface area contributed by atoms with Crippen LogP contribution >= 0.6 is 34.4 Å². The molecule has 0 spiro atoms. The Morgan fingerprint density at radius 2 is 2.00 bits per heavy atom. The van der Waals surface area contributed by atoms with Gasteiger partial charge in [0, 0.05) is 3.57 Å². The van der Waals surface area contributed by atoms with Crippen LogP contribution in [0.1, 0.15) is 15.9 Å². The van der Waals surface area contributed by atoms with E-state index in [2.05, 4.69) is 27.6 Å². The number of nitrogens with two attached hydrogens (primary N) is 1. The van der Waals surface area contributed by atoms with Gasteiger partial charge < -0.3 is 10.5 Å². The number of halogens is 1. The highest BCUT2D eigenvalue weighted by Crippen LogP contribution is 2.27. The standard InChI is InChI=1S/C17H11IN2O3S/c18-13-7-2-1-6-12(13)16(22)23-11-5-3-4-10(8-11)9-14-15(21)20-17(19)24-14/h1-9H,(H2,19,20,21)/b14-9-. The van der Waals surface area contributed by atoms with Gasteiger partial charge in [0.2, 0.25) is 0 Å². The number of esters is 1. The molecule has 1 aliphatic heterocycles. The van der Waals surface area contributed by atoms with E-state index in [0.29, 0.717) is 16.2 Å². The van der Waals surface area contributed by atoms with Crippen molar-refractivity contribution in [3.8, 4) is 5.75 Å². The molecule has 0 fully saturated rings. The summed E-state index contributed by atoms with van der Waals surface area (Å²) in [6.07, 6.45) is 1.67. The monoisotopic (exact) mass is 450 g/mol. The lowest BCUT2D eigenvalue weighted by atomic mass is 10.2. The molecular weight excluding hydrogens is 439 g/mol. The lowest BCUT2D eigenvalue weighted by molar-refractivity contribution is -0.113. The summed E-state index contributed by atoms with van der Waals surface area (Å²) in [5.41, 5.74) is 6.75. The number of amides is 1. The maximum atomic E-state index is 12.3. The lowest BCUT2D eigenvalue weighted by Crippen LogP contribution is -2.10. The number of carbonyl (C=O) groups is 2. The predicted octanol–water partition coefficient (Wildman–Crippen LogP) is 3.44. The van der Waals surface area contributed by atoms with Crippen molar-refractivity contribution in [3.05, 3.63) is 68.1 Å². The number of rotatable bonds is 3. The highest BCUT2D eigenvalue weighted by molar-refractivity contribution is 14.1. The van der Waals surface area contributed by atoms with Crippen molar-refractivity contribution < 1.29 is 14.3 Å². The van der Waals surface area contributed by atoms with Crippen LogP contribution in [-0.4, -0.2) is 17.0 Å². The number of amidine groups is 1. The Labute approximate surface area is 156 Å². The summed E-state index contributed by atoms with van der Waals surface area (Å²) in [5.74, 6) is -0.388. The number of hydrogen-bond donors (Lipinski definition) is 1. The maximum absolute atomic E-state index is 12.3. The molecule has 3 rings (SSSR count). The average molecular weight is 450 g/mol. The molecule has 1 heterocycles. The molecule has 0 aromatic heterocycles. The molecule has 0 saturated carbocycles. The van der Waals surface area contributed by atoms with Gasteiger partial charge in [0.1, 0.15) is 5.75 Å². The van der Waals surface area contributed by atoms with E-state index in [1.807, 2.05) is 12.1 Å². The molecule has 2 aromatic rings. The van der Waals surface area contributed by atoms with Gasteiger partial charge in [0.05, 0.1) is 10.5 Å². The third kappa shape index (κ3) is 3.85. The van der Waals surface area contributed by atoms with E-state index in [4.69, 9.17) is 10.5 Å². The molecular formula is C17H11IN2O3S. The minimum atomic E-state index is -0.427. The summed E-state index contributed by atoms with van der Waals surface area (Å²) < 4.78 is 6.23. The summed E-state index contributed by atoms with van der Waals surface area (Å²) in [6, 6.07) is 14.1. The van der Waals surface area contributed by atoms with Crippen molar-refractivity contribution in [2.45, 2.75) is 0 Å². The fourth-order valence-electron chi connectivity index (χ4n) is 2.03. The second-order valence-electron chi connectivity index (χ2n) is 4.81. The Morgan fingerprint density at radius 3 is 2.71 bits per heavy atom.